The van der Waals surface area contributed by atoms with Gasteiger partial charge in [-0.2, -0.15) is 0 Å². The largest absolute Gasteiger partial charge is 0.291 e. The lowest BCUT2D eigenvalue weighted by Gasteiger charge is -1.97. The molecule has 0 aliphatic heterocycles. The molecular formula is C9H7N3O2. The first-order valence-electron chi connectivity index (χ1n) is 3.96. The molecule has 0 saturated carbocycles. The molecular weight excluding hydrogens is 182 g/mol. The second-order valence-corrected chi connectivity index (χ2v) is 2.74. The summed E-state index contributed by atoms with van der Waals surface area (Å²) < 4.78 is 0. The summed E-state index contributed by atoms with van der Waals surface area (Å²) in [5.74, 6) is 0. The Morgan fingerprint density at radius 1 is 1.29 bits per heavy atom. The van der Waals surface area contributed by atoms with E-state index in [1.165, 1.54) is 6.20 Å². The normalized spacial score (nSPS) is 10.1. The van der Waals surface area contributed by atoms with Crippen molar-refractivity contribution in [3.05, 3.63) is 40.9 Å². The van der Waals surface area contributed by atoms with Crippen molar-refractivity contribution in [3.8, 4) is 0 Å². The van der Waals surface area contributed by atoms with Crippen molar-refractivity contribution >= 4 is 16.6 Å². The lowest BCUT2D eigenvalue weighted by Crippen LogP contribution is -1.99. The van der Waals surface area contributed by atoms with Gasteiger partial charge in [-0.25, -0.2) is 4.98 Å². The van der Waals surface area contributed by atoms with Crippen molar-refractivity contribution in [2.45, 2.75) is 0 Å². The number of nitrogens with one attached hydrogen (secondary N) is 1. The van der Waals surface area contributed by atoms with Gasteiger partial charge in [0, 0.05) is 11.6 Å². The molecule has 70 valence electrons. The molecule has 5 heteroatoms. The summed E-state index contributed by atoms with van der Waals surface area (Å²) in [6, 6.07) is 4.90. The van der Waals surface area contributed by atoms with Crippen molar-refractivity contribution in [2.24, 2.45) is 0 Å². The van der Waals surface area contributed by atoms with Gasteiger partial charge < -0.3 is 0 Å². The third-order valence-corrected chi connectivity index (χ3v) is 1.79. The third kappa shape index (κ3) is 1.53. The van der Waals surface area contributed by atoms with Crippen LogP contribution in [0.2, 0.25) is 0 Å². The summed E-state index contributed by atoms with van der Waals surface area (Å²) in [4.78, 5) is 18.6. The quantitative estimate of drug-likeness (QED) is 0.649. The van der Waals surface area contributed by atoms with Crippen molar-refractivity contribution in [3.63, 3.8) is 0 Å². The van der Waals surface area contributed by atoms with Gasteiger partial charge in [-0.05, 0) is 18.2 Å². The van der Waals surface area contributed by atoms with E-state index in [2.05, 4.69) is 9.97 Å². The lowest BCUT2D eigenvalue weighted by molar-refractivity contribution is 0.389. The smallest absolute Gasteiger partial charge is 0.288 e. The van der Waals surface area contributed by atoms with E-state index in [1.807, 2.05) is 5.48 Å². The van der Waals surface area contributed by atoms with Gasteiger partial charge in [0.2, 0.25) is 0 Å². The number of rotatable bonds is 1. The Hall–Kier alpha value is -2.01. The van der Waals surface area contributed by atoms with E-state index in [-0.39, 0.29) is 5.56 Å². The highest BCUT2D eigenvalue weighted by Gasteiger charge is 1.95. The molecule has 0 unspecified atom stereocenters. The predicted molar refractivity (Wildman–Crippen MR) is 51.2 cm³/mol. The number of benzene rings is 1. The van der Waals surface area contributed by atoms with Crippen LogP contribution in [0.1, 0.15) is 0 Å². The Bertz CT molecular complexity index is 527. The molecule has 0 aliphatic rings. The van der Waals surface area contributed by atoms with E-state index in [9.17, 15) is 4.79 Å². The molecule has 14 heavy (non-hydrogen) atoms. The van der Waals surface area contributed by atoms with Crippen molar-refractivity contribution < 1.29 is 5.21 Å². The van der Waals surface area contributed by atoms with Gasteiger partial charge in [0.15, 0.2) is 0 Å². The number of hydrogen-bond acceptors (Lipinski definition) is 5. The SMILES string of the molecule is O=c1cncc2cc(NO)ccc2n1. The van der Waals surface area contributed by atoms with Crippen molar-refractivity contribution in [2.75, 3.05) is 5.48 Å². The Morgan fingerprint density at radius 2 is 2.14 bits per heavy atom. The van der Waals surface area contributed by atoms with Gasteiger partial charge in [-0.15, -0.1) is 0 Å². The van der Waals surface area contributed by atoms with Crippen LogP contribution >= 0.6 is 0 Å². The van der Waals surface area contributed by atoms with Crippen LogP contribution in [-0.2, 0) is 0 Å². The molecule has 1 aromatic carbocycles. The van der Waals surface area contributed by atoms with Crippen LogP contribution in [0.4, 0.5) is 5.69 Å². The Morgan fingerprint density at radius 3 is 2.93 bits per heavy atom. The molecule has 0 fully saturated rings. The van der Waals surface area contributed by atoms with Crippen molar-refractivity contribution in [1.29, 1.82) is 0 Å². The summed E-state index contributed by atoms with van der Waals surface area (Å²) in [6.07, 6.45) is 2.66. The van der Waals surface area contributed by atoms with Crippen LogP contribution in [0, 0.1) is 0 Å². The Kier molecular flexibility index (Phi) is 2.08. The Labute approximate surface area is 79.0 Å². The minimum absolute atomic E-state index is 0.385. The van der Waals surface area contributed by atoms with E-state index in [1.54, 1.807) is 18.2 Å². The van der Waals surface area contributed by atoms with Gasteiger partial charge in [0.05, 0.1) is 17.4 Å². The van der Waals surface area contributed by atoms with E-state index in [0.29, 0.717) is 16.6 Å². The zero-order chi connectivity index (χ0) is 9.97. The fraction of sp³-hybridized carbons (Fsp3) is 0. The summed E-state index contributed by atoms with van der Waals surface area (Å²) in [5, 5.41) is 9.35. The van der Waals surface area contributed by atoms with Crippen LogP contribution in [0.3, 0.4) is 0 Å². The minimum Gasteiger partial charge on any atom is -0.291 e. The molecule has 5 nitrogen and oxygen atoms in total. The molecule has 0 saturated heterocycles. The fourth-order valence-corrected chi connectivity index (χ4v) is 1.16. The zero-order valence-electron chi connectivity index (χ0n) is 7.14. The highest BCUT2D eigenvalue weighted by molar-refractivity contribution is 5.80. The fourth-order valence-electron chi connectivity index (χ4n) is 1.16. The highest BCUT2D eigenvalue weighted by Crippen LogP contribution is 2.14. The summed E-state index contributed by atoms with van der Waals surface area (Å²) in [5.41, 5.74) is 2.70. The molecule has 1 heterocycles. The van der Waals surface area contributed by atoms with Crippen LogP contribution in [0.5, 0.6) is 0 Å². The monoisotopic (exact) mass is 189 g/mol. The van der Waals surface area contributed by atoms with Crippen LogP contribution in [0.15, 0.2) is 35.4 Å². The second-order valence-electron chi connectivity index (χ2n) is 2.74. The number of fused-ring (bicyclic) bond motifs is 1. The molecule has 1 aromatic heterocycles. The average molecular weight is 189 g/mol. The molecule has 0 radical (unpaired) electrons. The van der Waals surface area contributed by atoms with Gasteiger partial charge in [0.25, 0.3) is 5.56 Å². The van der Waals surface area contributed by atoms with Crippen LogP contribution in [0.25, 0.3) is 10.9 Å². The number of hydrogen-bond donors (Lipinski definition) is 2. The maximum absolute atomic E-state index is 11.0. The third-order valence-electron chi connectivity index (χ3n) is 1.79. The lowest BCUT2D eigenvalue weighted by atomic mass is 10.2. The van der Waals surface area contributed by atoms with E-state index < -0.39 is 0 Å². The second kappa shape index (κ2) is 3.39. The summed E-state index contributed by atoms with van der Waals surface area (Å²) in [6.45, 7) is 0. The van der Waals surface area contributed by atoms with Crippen LogP contribution in [-0.4, -0.2) is 15.2 Å². The van der Waals surface area contributed by atoms with E-state index in [0.717, 1.165) is 6.20 Å². The molecule has 2 N–H and O–H groups in total. The average Bonchev–Trinajstić information content (AvgIpc) is 2.37. The first-order chi connectivity index (χ1) is 6.79. The first-order valence-corrected chi connectivity index (χ1v) is 3.96. The van der Waals surface area contributed by atoms with E-state index >= 15 is 0 Å². The van der Waals surface area contributed by atoms with E-state index in [4.69, 9.17) is 5.21 Å². The van der Waals surface area contributed by atoms with Gasteiger partial charge in [0.1, 0.15) is 0 Å². The molecule has 2 rings (SSSR count). The molecule has 0 atom stereocenters. The highest BCUT2D eigenvalue weighted by atomic mass is 16.5. The topological polar surface area (TPSA) is 75.1 Å². The minimum atomic E-state index is -0.385. The van der Waals surface area contributed by atoms with Gasteiger partial charge >= 0.3 is 0 Å². The maximum Gasteiger partial charge on any atom is 0.288 e. The van der Waals surface area contributed by atoms with Gasteiger partial charge in [-0.3, -0.25) is 20.5 Å². The molecule has 0 aliphatic carbocycles. The summed E-state index contributed by atoms with van der Waals surface area (Å²) >= 11 is 0. The number of aromatic nitrogens is 2. The predicted octanol–water partition coefficient (Wildman–Crippen LogP) is 0.791. The van der Waals surface area contributed by atoms with Crippen molar-refractivity contribution in [1.82, 2.24) is 9.97 Å². The summed E-state index contributed by atoms with van der Waals surface area (Å²) in [7, 11) is 0. The zero-order valence-corrected chi connectivity index (χ0v) is 7.14. The molecule has 0 bridgehead atoms. The van der Waals surface area contributed by atoms with Gasteiger partial charge in [-0.1, -0.05) is 0 Å². The van der Waals surface area contributed by atoms with Crippen LogP contribution < -0.4 is 11.0 Å². The standard InChI is InChI=1S/C9H7N3O2/c13-9-5-10-4-6-3-7(12-14)1-2-8(6)11-9/h1-5,12,14H. The maximum atomic E-state index is 11.0. The molecule has 0 spiro atoms. The molecule has 0 amide bonds. The Balaban J connectivity index is 2.80. The number of nitrogens with zero attached hydrogens (tertiary/aromatic N) is 2. The molecule has 2 aromatic rings. The number of anilines is 1. The first kappa shape index (κ1) is 8.58.